The van der Waals surface area contributed by atoms with E-state index in [0.717, 1.165) is 33.8 Å². The van der Waals surface area contributed by atoms with Crippen LogP contribution in [0.2, 0.25) is 5.02 Å². The summed E-state index contributed by atoms with van der Waals surface area (Å²) in [5.41, 5.74) is 6.71. The van der Waals surface area contributed by atoms with Crippen molar-refractivity contribution in [1.82, 2.24) is 9.97 Å². The van der Waals surface area contributed by atoms with E-state index in [2.05, 4.69) is 60.2 Å². The number of rotatable bonds is 3. The Morgan fingerprint density at radius 3 is 2.75 bits per heavy atom. The zero-order chi connectivity index (χ0) is 19.3. The van der Waals surface area contributed by atoms with Gasteiger partial charge in [0.25, 0.3) is 6.01 Å². The van der Waals surface area contributed by atoms with Gasteiger partial charge in [0.1, 0.15) is 5.75 Å². The molecule has 4 aromatic rings. The van der Waals surface area contributed by atoms with Crippen LogP contribution in [0.5, 0.6) is 11.8 Å². The minimum atomic E-state index is 0.321. The van der Waals surface area contributed by atoms with Crippen molar-refractivity contribution in [3.63, 3.8) is 0 Å². The Balaban J connectivity index is 1.45. The normalized spacial score (nSPS) is 15.8. The Morgan fingerprint density at radius 1 is 1.07 bits per heavy atom. The summed E-state index contributed by atoms with van der Waals surface area (Å²) in [5, 5.41) is 1.07. The van der Waals surface area contributed by atoms with Crippen LogP contribution < -0.4 is 4.74 Å². The minimum Gasteiger partial charge on any atom is -0.426 e. The van der Waals surface area contributed by atoms with Crippen LogP contribution in [0, 0.1) is 13.8 Å². The van der Waals surface area contributed by atoms with E-state index in [-0.39, 0.29) is 0 Å². The van der Waals surface area contributed by atoms with Crippen LogP contribution in [-0.2, 0) is 6.42 Å². The maximum absolute atomic E-state index is 6.63. The van der Waals surface area contributed by atoms with Crippen LogP contribution in [0.4, 0.5) is 0 Å². The second kappa shape index (κ2) is 6.87. The average molecular weight is 407 g/mol. The Bertz CT molecular complexity index is 1180. The van der Waals surface area contributed by atoms with Gasteiger partial charge in [-0.25, -0.2) is 0 Å². The van der Waals surface area contributed by atoms with E-state index in [1.165, 1.54) is 21.6 Å². The standard InChI is InChI=1S/C23H19ClN2OS/c1-13-7-8-16(9-14(13)2)27-23-25-19-11-17(18(24)12-20(19)26-23)22-10-15-5-3-4-6-21(15)28-22/h3-9,11-12,22H,10H2,1-2H3,(H,25,26). The predicted molar refractivity (Wildman–Crippen MR) is 116 cm³/mol. The first-order valence-electron chi connectivity index (χ1n) is 9.25. The lowest BCUT2D eigenvalue weighted by Gasteiger charge is -2.11. The fourth-order valence-corrected chi connectivity index (χ4v) is 5.27. The number of halogens is 1. The first kappa shape index (κ1) is 17.7. The molecule has 1 aliphatic heterocycles. The Kier molecular flexibility index (Phi) is 4.33. The van der Waals surface area contributed by atoms with Crippen molar-refractivity contribution in [3.05, 3.63) is 81.9 Å². The van der Waals surface area contributed by atoms with E-state index in [0.29, 0.717) is 11.3 Å². The highest BCUT2D eigenvalue weighted by molar-refractivity contribution is 7.99. The molecular weight excluding hydrogens is 388 g/mol. The van der Waals surface area contributed by atoms with E-state index in [1.54, 1.807) is 0 Å². The maximum atomic E-state index is 6.63. The van der Waals surface area contributed by atoms with Gasteiger partial charge in [-0.15, -0.1) is 11.8 Å². The molecule has 1 aromatic heterocycles. The van der Waals surface area contributed by atoms with Gasteiger partial charge in [0.15, 0.2) is 0 Å². The molecule has 0 amide bonds. The van der Waals surface area contributed by atoms with Gasteiger partial charge in [-0.3, -0.25) is 0 Å². The van der Waals surface area contributed by atoms with Crippen LogP contribution in [0.25, 0.3) is 11.0 Å². The van der Waals surface area contributed by atoms with Crippen LogP contribution in [-0.4, -0.2) is 9.97 Å². The van der Waals surface area contributed by atoms with E-state index in [1.807, 2.05) is 30.0 Å². The van der Waals surface area contributed by atoms with E-state index in [9.17, 15) is 0 Å². The second-order valence-electron chi connectivity index (χ2n) is 7.20. The third kappa shape index (κ3) is 3.17. The van der Waals surface area contributed by atoms with Gasteiger partial charge in [0.05, 0.1) is 11.0 Å². The highest BCUT2D eigenvalue weighted by Gasteiger charge is 2.26. The largest absolute Gasteiger partial charge is 0.426 e. The number of thioether (sulfide) groups is 1. The van der Waals surface area contributed by atoms with Crippen molar-refractivity contribution < 1.29 is 4.74 Å². The average Bonchev–Trinajstić information content (AvgIpc) is 3.26. The van der Waals surface area contributed by atoms with Gasteiger partial charge in [0, 0.05) is 15.2 Å². The molecule has 5 rings (SSSR count). The molecule has 0 saturated carbocycles. The molecule has 0 fully saturated rings. The highest BCUT2D eigenvalue weighted by atomic mass is 35.5. The third-order valence-corrected chi connectivity index (χ3v) is 6.95. The zero-order valence-electron chi connectivity index (χ0n) is 15.6. The number of benzene rings is 3. The van der Waals surface area contributed by atoms with Crippen LogP contribution in [0.1, 0.15) is 27.5 Å². The molecule has 2 heterocycles. The van der Waals surface area contributed by atoms with Crippen LogP contribution in [0.3, 0.4) is 0 Å². The molecule has 0 spiro atoms. The van der Waals surface area contributed by atoms with Gasteiger partial charge in [-0.2, -0.15) is 4.98 Å². The molecule has 5 heteroatoms. The first-order valence-corrected chi connectivity index (χ1v) is 10.5. The molecule has 0 bridgehead atoms. The lowest BCUT2D eigenvalue weighted by atomic mass is 10.0. The van der Waals surface area contributed by atoms with E-state index >= 15 is 0 Å². The summed E-state index contributed by atoms with van der Waals surface area (Å²) in [7, 11) is 0. The fourth-order valence-electron chi connectivity index (χ4n) is 3.56. The molecule has 28 heavy (non-hydrogen) atoms. The monoisotopic (exact) mass is 406 g/mol. The van der Waals surface area contributed by atoms with Gasteiger partial charge in [-0.1, -0.05) is 35.9 Å². The minimum absolute atomic E-state index is 0.321. The molecule has 140 valence electrons. The molecule has 0 saturated heterocycles. The number of aryl methyl sites for hydroxylation is 2. The number of aromatic nitrogens is 2. The summed E-state index contributed by atoms with van der Waals surface area (Å²) in [6.07, 6.45) is 0.992. The number of H-pyrrole nitrogens is 1. The number of ether oxygens (including phenoxy) is 1. The van der Waals surface area contributed by atoms with Gasteiger partial charge >= 0.3 is 0 Å². The Morgan fingerprint density at radius 2 is 1.93 bits per heavy atom. The zero-order valence-corrected chi connectivity index (χ0v) is 17.2. The predicted octanol–water partition coefficient (Wildman–Crippen LogP) is 7.01. The summed E-state index contributed by atoms with van der Waals surface area (Å²) in [5.74, 6) is 0.773. The van der Waals surface area contributed by atoms with Crippen LogP contribution in [0.15, 0.2) is 59.5 Å². The van der Waals surface area contributed by atoms with E-state index in [4.69, 9.17) is 16.3 Å². The van der Waals surface area contributed by atoms with Gasteiger partial charge in [-0.05, 0) is 72.9 Å². The molecular formula is C23H19ClN2OS. The van der Waals surface area contributed by atoms with Crippen LogP contribution >= 0.6 is 23.4 Å². The highest BCUT2D eigenvalue weighted by Crippen LogP contribution is 2.48. The molecule has 1 aliphatic rings. The molecule has 0 radical (unpaired) electrons. The smallest absolute Gasteiger partial charge is 0.300 e. The fraction of sp³-hybridized carbons (Fsp3) is 0.174. The van der Waals surface area contributed by atoms with Crippen molar-refractivity contribution in [2.75, 3.05) is 0 Å². The number of imidazole rings is 1. The number of fused-ring (bicyclic) bond motifs is 2. The molecule has 1 atom stereocenters. The molecule has 0 aliphatic carbocycles. The molecule has 1 unspecified atom stereocenters. The topological polar surface area (TPSA) is 37.9 Å². The summed E-state index contributed by atoms with van der Waals surface area (Å²) in [6, 6.07) is 19.1. The summed E-state index contributed by atoms with van der Waals surface area (Å²) in [4.78, 5) is 9.19. The number of nitrogens with one attached hydrogen (secondary N) is 1. The van der Waals surface area contributed by atoms with Gasteiger partial charge in [0.2, 0.25) is 0 Å². The number of nitrogens with zero attached hydrogens (tertiary/aromatic N) is 1. The first-order chi connectivity index (χ1) is 13.6. The lowest BCUT2D eigenvalue weighted by Crippen LogP contribution is -1.94. The third-order valence-electron chi connectivity index (χ3n) is 5.27. The summed E-state index contributed by atoms with van der Waals surface area (Å²) in [6.45, 7) is 4.16. The molecule has 3 aromatic carbocycles. The Hall–Kier alpha value is -2.43. The Labute approximate surface area is 173 Å². The van der Waals surface area contributed by atoms with Crippen molar-refractivity contribution in [2.24, 2.45) is 0 Å². The lowest BCUT2D eigenvalue weighted by molar-refractivity contribution is 0.449. The van der Waals surface area contributed by atoms with Gasteiger partial charge < -0.3 is 9.72 Å². The number of hydrogen-bond donors (Lipinski definition) is 1. The van der Waals surface area contributed by atoms with E-state index < -0.39 is 0 Å². The van der Waals surface area contributed by atoms with Crippen molar-refractivity contribution in [3.8, 4) is 11.8 Å². The molecule has 1 N–H and O–H groups in total. The number of hydrogen-bond acceptors (Lipinski definition) is 3. The maximum Gasteiger partial charge on any atom is 0.300 e. The quantitative estimate of drug-likeness (QED) is 0.397. The van der Waals surface area contributed by atoms with Crippen molar-refractivity contribution in [1.29, 1.82) is 0 Å². The SMILES string of the molecule is Cc1ccc(Oc2nc3cc(Cl)c(C4Cc5ccccc5S4)cc3[nH]2)cc1C. The summed E-state index contributed by atoms with van der Waals surface area (Å²) < 4.78 is 5.94. The van der Waals surface area contributed by atoms with Crippen molar-refractivity contribution >= 4 is 34.4 Å². The molecule has 3 nitrogen and oxygen atoms in total. The second-order valence-corrected chi connectivity index (χ2v) is 8.85. The summed E-state index contributed by atoms with van der Waals surface area (Å²) >= 11 is 8.50. The number of aromatic amines is 1. The van der Waals surface area contributed by atoms with Crippen molar-refractivity contribution in [2.45, 2.75) is 30.4 Å².